The number of nitrogens with zero attached hydrogens (tertiary/aromatic N) is 3. The second kappa shape index (κ2) is 8.71. The molecule has 0 bridgehead atoms. The third-order valence-electron chi connectivity index (χ3n) is 5.10. The van der Waals surface area contributed by atoms with Crippen molar-refractivity contribution in [3.05, 3.63) is 16.7 Å². The van der Waals surface area contributed by atoms with Crippen molar-refractivity contribution in [2.75, 3.05) is 25.0 Å². The van der Waals surface area contributed by atoms with Crippen LogP contribution in [0.3, 0.4) is 0 Å². The fourth-order valence-corrected chi connectivity index (χ4v) is 4.56. The van der Waals surface area contributed by atoms with Crippen molar-refractivity contribution in [3.8, 4) is 0 Å². The summed E-state index contributed by atoms with van der Waals surface area (Å²) in [5.74, 6) is 0.275. The summed E-state index contributed by atoms with van der Waals surface area (Å²) < 4.78 is 28.5. The van der Waals surface area contributed by atoms with Crippen LogP contribution in [0.4, 0.5) is 5.95 Å². The highest BCUT2D eigenvalue weighted by molar-refractivity contribution is 7.47. The molecule has 6 N–H and O–H groups in total. The summed E-state index contributed by atoms with van der Waals surface area (Å²) in [4.78, 5) is 33.0. The summed E-state index contributed by atoms with van der Waals surface area (Å²) in [6, 6.07) is 0. The molecule has 0 saturated carbocycles. The molecule has 13 nitrogen and oxygen atoms in total. The van der Waals surface area contributed by atoms with Gasteiger partial charge < -0.3 is 25.8 Å². The first kappa shape index (κ1) is 21.4. The molecule has 0 aromatic carbocycles. The molecule has 30 heavy (non-hydrogen) atoms. The second-order valence-electron chi connectivity index (χ2n) is 7.26. The van der Waals surface area contributed by atoms with Crippen LogP contribution in [0.5, 0.6) is 0 Å². The second-order valence-corrected chi connectivity index (χ2v) is 8.66. The van der Waals surface area contributed by atoms with Crippen molar-refractivity contribution >= 4 is 24.9 Å². The molecule has 2 fully saturated rings. The Balaban J connectivity index is 1.52. The first-order valence-corrected chi connectivity index (χ1v) is 11.3. The SMILES string of the molecule is NCCCCCCNc1nc2c(ncn2[C@@H]2O[C@@H]3COP(=O)(O)O[C@H]3[C@H]2O)c(=O)[nH]1. The lowest BCUT2D eigenvalue weighted by Crippen LogP contribution is -2.39. The molecule has 2 aliphatic rings. The fourth-order valence-electron chi connectivity index (χ4n) is 3.59. The third kappa shape index (κ3) is 4.28. The Morgan fingerprint density at radius 2 is 2.17 bits per heavy atom. The van der Waals surface area contributed by atoms with Crippen LogP contribution >= 0.6 is 7.82 Å². The first-order valence-electron chi connectivity index (χ1n) is 9.79. The Bertz CT molecular complexity index is 996. The Kier molecular flexibility index (Phi) is 6.21. The molecule has 0 aliphatic carbocycles. The molecule has 0 radical (unpaired) electrons. The highest BCUT2D eigenvalue weighted by Crippen LogP contribution is 2.52. The van der Waals surface area contributed by atoms with Gasteiger partial charge in [0.25, 0.3) is 5.56 Å². The molecule has 2 saturated heterocycles. The van der Waals surface area contributed by atoms with Crippen molar-refractivity contribution in [2.45, 2.75) is 50.2 Å². The van der Waals surface area contributed by atoms with Crippen LogP contribution in [-0.2, 0) is 18.3 Å². The van der Waals surface area contributed by atoms with Gasteiger partial charge in [-0.1, -0.05) is 12.8 Å². The zero-order chi connectivity index (χ0) is 21.3. The normalized spacial score (nSPS) is 31.2. The van der Waals surface area contributed by atoms with E-state index in [0.29, 0.717) is 13.1 Å². The minimum atomic E-state index is -4.24. The van der Waals surface area contributed by atoms with Gasteiger partial charge in [-0.15, -0.1) is 0 Å². The summed E-state index contributed by atoms with van der Waals surface area (Å²) in [6.07, 6.45) is 1.17. The molecule has 5 atom stereocenters. The summed E-state index contributed by atoms with van der Waals surface area (Å²) in [5.41, 5.74) is 5.33. The number of phosphoric ester groups is 1. The number of anilines is 1. The number of nitrogens with two attached hydrogens (primary N) is 1. The van der Waals surface area contributed by atoms with Gasteiger partial charge in [-0.3, -0.25) is 23.4 Å². The predicted molar refractivity (Wildman–Crippen MR) is 105 cm³/mol. The van der Waals surface area contributed by atoms with Gasteiger partial charge in [-0.05, 0) is 19.4 Å². The fraction of sp³-hybridized carbons (Fsp3) is 0.688. The maximum atomic E-state index is 12.4. The molecular formula is C16H25N6O7P. The number of hydrogen-bond donors (Lipinski definition) is 5. The standard InChI is InChI=1S/C16H25N6O7P/c17-5-3-1-2-4-6-18-16-20-13-10(14(24)21-16)19-8-22(13)15-11(23)12-9(28-15)7-27-30(25,26)29-12/h8-9,11-12,15,23H,1-7,17H2,(H,25,26)(H2,18,20,21,24)/t9-,11-,12-,15-/m1/s1. The number of unbranched alkanes of at least 4 members (excludes halogenated alkanes) is 3. The van der Waals surface area contributed by atoms with Gasteiger partial charge in [0.05, 0.1) is 12.9 Å². The van der Waals surface area contributed by atoms with Gasteiger partial charge in [0.15, 0.2) is 17.4 Å². The van der Waals surface area contributed by atoms with Gasteiger partial charge >= 0.3 is 7.82 Å². The quantitative estimate of drug-likeness (QED) is 0.269. The number of imidazole rings is 1. The number of ether oxygens (including phenoxy) is 1. The van der Waals surface area contributed by atoms with Crippen molar-refractivity contribution in [1.82, 2.24) is 19.5 Å². The van der Waals surface area contributed by atoms with E-state index in [9.17, 15) is 19.4 Å². The summed E-state index contributed by atoms with van der Waals surface area (Å²) >= 11 is 0. The van der Waals surface area contributed by atoms with E-state index in [1.807, 2.05) is 0 Å². The van der Waals surface area contributed by atoms with E-state index < -0.39 is 37.9 Å². The zero-order valence-electron chi connectivity index (χ0n) is 16.1. The van der Waals surface area contributed by atoms with E-state index in [0.717, 1.165) is 25.7 Å². The number of aliphatic hydroxyl groups is 1. The molecule has 2 aliphatic heterocycles. The number of nitrogens with one attached hydrogen (secondary N) is 2. The molecule has 0 spiro atoms. The molecule has 4 rings (SSSR count). The maximum absolute atomic E-state index is 12.4. The highest BCUT2D eigenvalue weighted by Gasteiger charge is 2.52. The monoisotopic (exact) mass is 444 g/mol. The van der Waals surface area contributed by atoms with Gasteiger partial charge in [0.1, 0.15) is 18.3 Å². The van der Waals surface area contributed by atoms with Crippen LogP contribution in [0.1, 0.15) is 31.9 Å². The Labute approximate surface area is 171 Å². The van der Waals surface area contributed by atoms with Gasteiger partial charge in [0.2, 0.25) is 5.95 Å². The van der Waals surface area contributed by atoms with Crippen LogP contribution in [0, 0.1) is 0 Å². The van der Waals surface area contributed by atoms with E-state index in [1.165, 1.54) is 10.9 Å². The Hall–Kier alpha value is -1.86. The van der Waals surface area contributed by atoms with Gasteiger partial charge in [-0.25, -0.2) is 9.55 Å². The van der Waals surface area contributed by atoms with Crippen molar-refractivity contribution < 1.29 is 28.3 Å². The lowest BCUT2D eigenvalue weighted by atomic mass is 10.1. The predicted octanol–water partition coefficient (Wildman–Crippen LogP) is -0.175. The molecule has 0 amide bonds. The lowest BCUT2D eigenvalue weighted by molar-refractivity contribution is -0.0664. The molecule has 166 valence electrons. The number of hydrogen-bond acceptors (Lipinski definition) is 10. The largest absolute Gasteiger partial charge is 0.472 e. The summed E-state index contributed by atoms with van der Waals surface area (Å²) in [5, 5.41) is 13.7. The first-order chi connectivity index (χ1) is 14.4. The summed E-state index contributed by atoms with van der Waals surface area (Å²) in [7, 11) is -4.24. The average Bonchev–Trinajstić information content (AvgIpc) is 3.25. The van der Waals surface area contributed by atoms with Gasteiger partial charge in [-0.2, -0.15) is 4.98 Å². The van der Waals surface area contributed by atoms with Crippen LogP contribution in [0.15, 0.2) is 11.1 Å². The Morgan fingerprint density at radius 3 is 2.97 bits per heavy atom. The third-order valence-corrected chi connectivity index (χ3v) is 6.08. The van der Waals surface area contributed by atoms with Crippen LogP contribution in [0.2, 0.25) is 0 Å². The van der Waals surface area contributed by atoms with E-state index in [2.05, 4.69) is 20.3 Å². The lowest BCUT2D eigenvalue weighted by Gasteiger charge is -2.27. The number of phosphoric acid groups is 1. The van der Waals surface area contributed by atoms with Gasteiger partial charge in [0, 0.05) is 6.54 Å². The number of fused-ring (bicyclic) bond motifs is 2. The number of aromatic nitrogens is 4. The van der Waals surface area contributed by atoms with Crippen molar-refractivity contribution in [3.63, 3.8) is 0 Å². The van der Waals surface area contributed by atoms with Crippen molar-refractivity contribution in [1.29, 1.82) is 0 Å². The molecule has 14 heteroatoms. The van der Waals surface area contributed by atoms with Crippen LogP contribution in [-0.4, -0.2) is 67.5 Å². The van der Waals surface area contributed by atoms with E-state index in [-0.39, 0.29) is 23.7 Å². The number of rotatable bonds is 8. The van der Waals surface area contributed by atoms with E-state index >= 15 is 0 Å². The van der Waals surface area contributed by atoms with E-state index in [4.69, 9.17) is 19.5 Å². The zero-order valence-corrected chi connectivity index (χ0v) is 17.0. The smallest absolute Gasteiger partial charge is 0.386 e. The molecule has 4 heterocycles. The van der Waals surface area contributed by atoms with Crippen LogP contribution < -0.4 is 16.6 Å². The molecule has 2 aromatic heterocycles. The molecular weight excluding hydrogens is 419 g/mol. The highest BCUT2D eigenvalue weighted by atomic mass is 31.2. The van der Waals surface area contributed by atoms with E-state index in [1.54, 1.807) is 0 Å². The van der Waals surface area contributed by atoms with Crippen molar-refractivity contribution in [2.24, 2.45) is 5.73 Å². The number of aromatic amines is 1. The molecule has 2 aromatic rings. The maximum Gasteiger partial charge on any atom is 0.472 e. The Morgan fingerprint density at radius 1 is 1.37 bits per heavy atom. The minimum absolute atomic E-state index is 0.0826. The summed E-state index contributed by atoms with van der Waals surface area (Å²) in [6.45, 7) is 1.09. The topological polar surface area (TPSA) is 187 Å². The van der Waals surface area contributed by atoms with Crippen LogP contribution in [0.25, 0.3) is 11.2 Å². The molecule has 1 unspecified atom stereocenters. The average molecular weight is 444 g/mol. The minimum Gasteiger partial charge on any atom is -0.386 e. The number of aliphatic hydroxyl groups excluding tert-OH is 1. The number of H-pyrrole nitrogens is 1.